The Balaban J connectivity index is 2.86. The van der Waals surface area contributed by atoms with Crippen molar-refractivity contribution in [1.82, 2.24) is 0 Å². The first-order valence-corrected chi connectivity index (χ1v) is 7.53. The van der Waals surface area contributed by atoms with Crippen molar-refractivity contribution in [2.75, 3.05) is 14.2 Å². The first-order valence-electron chi connectivity index (χ1n) is 5.98. The average molecular weight is 278 g/mol. The van der Waals surface area contributed by atoms with Gasteiger partial charge in [0.2, 0.25) is 11.8 Å². The van der Waals surface area contributed by atoms with Crippen molar-refractivity contribution in [3.05, 3.63) is 11.6 Å². The summed E-state index contributed by atoms with van der Waals surface area (Å²) in [5, 5.41) is 0. The summed E-state index contributed by atoms with van der Waals surface area (Å²) in [7, 11) is -0.657. The van der Waals surface area contributed by atoms with Crippen LogP contribution in [0.15, 0.2) is 11.6 Å². The summed E-state index contributed by atoms with van der Waals surface area (Å²) in [5.41, 5.74) is -0.0859. The standard InChI is InChI=1S/C12H23O5P/c1-9-7-10(17-12(2,3)4)16-11(8-9)18(13,14-5)15-6/h8-10H,7H2,1-6H3/t9-,10-/m1/s1. The summed E-state index contributed by atoms with van der Waals surface area (Å²) in [6, 6.07) is 0. The summed E-state index contributed by atoms with van der Waals surface area (Å²) >= 11 is 0. The Morgan fingerprint density at radius 1 is 1.33 bits per heavy atom. The van der Waals surface area contributed by atoms with Gasteiger partial charge >= 0.3 is 7.60 Å². The Labute approximate surface area is 109 Å². The molecule has 5 nitrogen and oxygen atoms in total. The monoisotopic (exact) mass is 278 g/mol. The molecule has 106 valence electrons. The number of hydrogen-bond acceptors (Lipinski definition) is 5. The smallest absolute Gasteiger partial charge is 0.394 e. The normalized spacial score (nSPS) is 25.6. The van der Waals surface area contributed by atoms with Crippen LogP contribution in [0.25, 0.3) is 0 Å². The minimum absolute atomic E-state index is 0.194. The van der Waals surface area contributed by atoms with Gasteiger partial charge in [0.1, 0.15) is 0 Å². The number of rotatable bonds is 4. The van der Waals surface area contributed by atoms with Gasteiger partial charge in [-0.3, -0.25) is 4.57 Å². The van der Waals surface area contributed by atoms with Gasteiger partial charge in [-0.05, 0) is 32.8 Å². The number of hydrogen-bond donors (Lipinski definition) is 0. The summed E-state index contributed by atoms with van der Waals surface area (Å²) in [5.74, 6) is 0.194. The van der Waals surface area contributed by atoms with Crippen molar-refractivity contribution in [2.24, 2.45) is 5.92 Å². The van der Waals surface area contributed by atoms with E-state index in [0.29, 0.717) is 6.42 Å². The molecule has 1 aliphatic rings. The Morgan fingerprint density at radius 3 is 2.33 bits per heavy atom. The lowest BCUT2D eigenvalue weighted by atomic mass is 10.1. The minimum atomic E-state index is -3.34. The van der Waals surface area contributed by atoms with Gasteiger partial charge in [0.25, 0.3) is 0 Å². The second kappa shape index (κ2) is 5.74. The largest absolute Gasteiger partial charge is 0.457 e. The molecule has 0 amide bonds. The van der Waals surface area contributed by atoms with E-state index in [9.17, 15) is 4.57 Å². The van der Waals surface area contributed by atoms with Crippen LogP contribution in [-0.4, -0.2) is 26.1 Å². The topological polar surface area (TPSA) is 54.0 Å². The van der Waals surface area contributed by atoms with Crippen LogP contribution in [0.5, 0.6) is 0 Å². The number of ether oxygens (including phenoxy) is 2. The van der Waals surface area contributed by atoms with E-state index in [-0.39, 0.29) is 17.0 Å². The quantitative estimate of drug-likeness (QED) is 0.736. The molecule has 0 unspecified atom stereocenters. The highest BCUT2D eigenvalue weighted by atomic mass is 31.2. The van der Waals surface area contributed by atoms with Crippen molar-refractivity contribution in [3.8, 4) is 0 Å². The molecule has 0 N–H and O–H groups in total. The molecule has 0 aromatic heterocycles. The molecular weight excluding hydrogens is 255 g/mol. The Bertz CT molecular complexity index is 350. The third kappa shape index (κ3) is 4.09. The van der Waals surface area contributed by atoms with E-state index in [4.69, 9.17) is 18.5 Å². The molecule has 0 aromatic carbocycles. The molecule has 1 aliphatic heterocycles. The van der Waals surface area contributed by atoms with Crippen molar-refractivity contribution >= 4 is 7.60 Å². The SMILES string of the molecule is COP(=O)(OC)C1=C[C@H](C)C[C@@H](OC(C)(C)C)O1. The summed E-state index contributed by atoms with van der Waals surface area (Å²) in [4.78, 5) is 0. The molecule has 0 saturated carbocycles. The zero-order valence-electron chi connectivity index (χ0n) is 11.9. The van der Waals surface area contributed by atoms with E-state index in [1.165, 1.54) is 14.2 Å². The van der Waals surface area contributed by atoms with E-state index in [2.05, 4.69) is 0 Å². The summed E-state index contributed by atoms with van der Waals surface area (Å²) in [6.45, 7) is 7.86. The predicted molar refractivity (Wildman–Crippen MR) is 69.2 cm³/mol. The second-order valence-corrected chi connectivity index (χ2v) is 7.52. The van der Waals surface area contributed by atoms with Crippen molar-refractivity contribution in [3.63, 3.8) is 0 Å². The minimum Gasteiger partial charge on any atom is -0.457 e. The Morgan fingerprint density at radius 2 is 1.89 bits per heavy atom. The lowest BCUT2D eigenvalue weighted by Gasteiger charge is -2.33. The fourth-order valence-electron chi connectivity index (χ4n) is 1.71. The summed E-state index contributed by atoms with van der Waals surface area (Å²) < 4.78 is 33.5. The van der Waals surface area contributed by atoms with E-state index in [1.807, 2.05) is 27.7 Å². The lowest BCUT2D eigenvalue weighted by Crippen LogP contribution is -2.32. The highest BCUT2D eigenvalue weighted by molar-refractivity contribution is 7.58. The molecule has 1 heterocycles. The first-order chi connectivity index (χ1) is 8.20. The molecule has 6 heteroatoms. The maximum absolute atomic E-state index is 12.3. The van der Waals surface area contributed by atoms with Gasteiger partial charge in [-0.25, -0.2) is 0 Å². The van der Waals surface area contributed by atoms with E-state index in [0.717, 1.165) is 0 Å². The molecule has 1 rings (SSSR count). The fraction of sp³-hybridized carbons (Fsp3) is 0.833. The maximum Gasteiger partial charge on any atom is 0.394 e. The summed E-state index contributed by atoms with van der Waals surface area (Å²) in [6.07, 6.45) is 2.06. The third-order valence-corrected chi connectivity index (χ3v) is 4.23. The van der Waals surface area contributed by atoms with Gasteiger partial charge in [0.05, 0.1) is 5.60 Å². The molecule has 0 bridgehead atoms. The molecule has 0 aromatic rings. The van der Waals surface area contributed by atoms with Gasteiger partial charge < -0.3 is 18.5 Å². The van der Waals surface area contributed by atoms with Crippen LogP contribution < -0.4 is 0 Å². The van der Waals surface area contributed by atoms with Crippen LogP contribution in [0.2, 0.25) is 0 Å². The van der Waals surface area contributed by atoms with Crippen LogP contribution in [0.1, 0.15) is 34.1 Å². The number of allylic oxidation sites excluding steroid dienone is 1. The van der Waals surface area contributed by atoms with Crippen LogP contribution >= 0.6 is 7.60 Å². The first kappa shape index (κ1) is 15.7. The van der Waals surface area contributed by atoms with Crippen LogP contribution in [0, 0.1) is 5.92 Å². The second-order valence-electron chi connectivity index (χ2n) is 5.36. The van der Waals surface area contributed by atoms with Gasteiger partial charge in [-0.15, -0.1) is 0 Å². The van der Waals surface area contributed by atoms with Crippen molar-refractivity contribution in [1.29, 1.82) is 0 Å². The molecule has 0 saturated heterocycles. The third-order valence-electron chi connectivity index (χ3n) is 2.48. The zero-order valence-corrected chi connectivity index (χ0v) is 12.8. The molecule has 0 radical (unpaired) electrons. The van der Waals surface area contributed by atoms with Gasteiger partial charge in [0, 0.05) is 20.6 Å². The van der Waals surface area contributed by atoms with Crippen LogP contribution in [0.3, 0.4) is 0 Å². The molecule has 2 atom stereocenters. The van der Waals surface area contributed by atoms with Gasteiger partial charge in [-0.1, -0.05) is 6.92 Å². The maximum atomic E-state index is 12.3. The highest BCUT2D eigenvalue weighted by Crippen LogP contribution is 2.57. The predicted octanol–water partition coefficient (Wildman–Crippen LogP) is 3.51. The Kier molecular flexibility index (Phi) is 5.01. The van der Waals surface area contributed by atoms with Gasteiger partial charge in [0.15, 0.2) is 0 Å². The molecular formula is C12H23O5P. The van der Waals surface area contributed by atoms with Gasteiger partial charge in [-0.2, -0.15) is 0 Å². The van der Waals surface area contributed by atoms with E-state index in [1.54, 1.807) is 6.08 Å². The van der Waals surface area contributed by atoms with E-state index >= 15 is 0 Å². The zero-order chi connectivity index (χ0) is 14.0. The Hall–Kier alpha value is -0.350. The van der Waals surface area contributed by atoms with E-state index < -0.39 is 13.9 Å². The van der Waals surface area contributed by atoms with Crippen LogP contribution in [-0.2, 0) is 23.1 Å². The van der Waals surface area contributed by atoms with Crippen molar-refractivity contribution in [2.45, 2.75) is 46.0 Å². The molecule has 0 spiro atoms. The van der Waals surface area contributed by atoms with Crippen LogP contribution in [0.4, 0.5) is 0 Å². The average Bonchev–Trinajstić information content (AvgIpc) is 2.24. The molecule has 18 heavy (non-hydrogen) atoms. The lowest BCUT2D eigenvalue weighted by molar-refractivity contribution is -0.184. The molecule has 0 aliphatic carbocycles. The molecule has 0 fully saturated rings. The highest BCUT2D eigenvalue weighted by Gasteiger charge is 2.36. The fourth-order valence-corrected chi connectivity index (χ4v) is 2.91. The van der Waals surface area contributed by atoms with Crippen molar-refractivity contribution < 1.29 is 23.1 Å².